The summed E-state index contributed by atoms with van der Waals surface area (Å²) in [6.07, 6.45) is -1.97. The molecule has 1 rings (SSSR count). The fourth-order valence-corrected chi connectivity index (χ4v) is 2.84. The van der Waals surface area contributed by atoms with Gasteiger partial charge in [-0.15, -0.1) is 0 Å². The van der Waals surface area contributed by atoms with Gasteiger partial charge in [-0.3, -0.25) is 4.52 Å². The third-order valence-corrected chi connectivity index (χ3v) is 3.29. The predicted octanol–water partition coefficient (Wildman–Crippen LogP) is 2.31. The minimum Gasteiger partial charge on any atom is -0.300 e. The van der Waals surface area contributed by atoms with E-state index in [0.717, 1.165) is 6.42 Å². The van der Waals surface area contributed by atoms with Gasteiger partial charge in [0.15, 0.2) is 0 Å². The van der Waals surface area contributed by atoms with E-state index in [2.05, 4.69) is 15.5 Å². The molecule has 2 atom stereocenters. The van der Waals surface area contributed by atoms with Gasteiger partial charge in [-0.25, -0.2) is 4.57 Å². The normalized spacial score (nSPS) is 44.9. The van der Waals surface area contributed by atoms with Crippen LogP contribution >= 0.6 is 21.8 Å². The van der Waals surface area contributed by atoms with Crippen molar-refractivity contribution < 1.29 is 13.6 Å². The van der Waals surface area contributed by atoms with Crippen LogP contribution in [0.15, 0.2) is 0 Å². The lowest BCUT2D eigenvalue weighted by atomic mass is 10.3. The van der Waals surface area contributed by atoms with E-state index in [1.807, 2.05) is 6.92 Å². The summed E-state index contributed by atoms with van der Waals surface area (Å²) in [5, 5.41) is 0. The molecule has 9 heavy (non-hydrogen) atoms. The van der Waals surface area contributed by atoms with E-state index in [9.17, 15) is 4.57 Å². The maximum atomic E-state index is 10.9. The molecule has 0 radical (unpaired) electrons. The average molecular weight is 215 g/mol. The zero-order valence-electron chi connectivity index (χ0n) is 5.04. The van der Waals surface area contributed by atoms with Crippen LogP contribution in [-0.2, 0) is 13.6 Å². The van der Waals surface area contributed by atoms with E-state index in [0.29, 0.717) is 6.61 Å². The van der Waals surface area contributed by atoms with Gasteiger partial charge < -0.3 is 4.52 Å². The number of hydrogen-bond acceptors (Lipinski definition) is 3. The topological polar surface area (TPSA) is 35.5 Å². The first-order valence-electron chi connectivity index (χ1n) is 2.73. The SMILES string of the molecule is C[C@@H]1CCO[P@@](=O)(Br)O1. The van der Waals surface area contributed by atoms with Crippen molar-refractivity contribution >= 4 is 21.8 Å². The largest absolute Gasteiger partial charge is 0.396 e. The summed E-state index contributed by atoms with van der Waals surface area (Å²) in [5.74, 6) is 0. The van der Waals surface area contributed by atoms with Gasteiger partial charge in [-0.2, -0.15) is 0 Å². The van der Waals surface area contributed by atoms with Crippen LogP contribution in [0.4, 0.5) is 0 Å². The summed E-state index contributed by atoms with van der Waals surface area (Å²) < 4.78 is 20.6. The molecule has 0 aromatic heterocycles. The number of rotatable bonds is 0. The molecule has 0 aromatic rings. The minimum atomic E-state index is -2.83. The molecule has 0 N–H and O–H groups in total. The second kappa shape index (κ2) is 2.70. The van der Waals surface area contributed by atoms with E-state index in [1.165, 1.54) is 0 Å². The molecule has 0 aliphatic carbocycles. The molecule has 5 heteroatoms. The highest BCUT2D eigenvalue weighted by atomic mass is 79.9. The highest BCUT2D eigenvalue weighted by Gasteiger charge is 2.27. The van der Waals surface area contributed by atoms with Gasteiger partial charge in [0.2, 0.25) is 0 Å². The molecule has 1 saturated heterocycles. The lowest BCUT2D eigenvalue weighted by Gasteiger charge is -2.22. The van der Waals surface area contributed by atoms with Gasteiger partial charge in [0, 0.05) is 15.5 Å². The fourth-order valence-electron chi connectivity index (χ4n) is 0.626. The van der Waals surface area contributed by atoms with Crippen molar-refractivity contribution in [2.45, 2.75) is 19.4 Å². The van der Waals surface area contributed by atoms with Crippen LogP contribution in [0, 0.1) is 0 Å². The Bertz CT molecular complexity index is 149. The summed E-state index contributed by atoms with van der Waals surface area (Å²) >= 11 is 2.84. The second-order valence-electron chi connectivity index (χ2n) is 1.97. The number of hydrogen-bond donors (Lipinski definition) is 0. The molecule has 3 nitrogen and oxygen atoms in total. The van der Waals surface area contributed by atoms with E-state index < -0.39 is 6.30 Å². The number of halogens is 1. The predicted molar refractivity (Wildman–Crippen MR) is 37.6 cm³/mol. The van der Waals surface area contributed by atoms with Gasteiger partial charge in [-0.1, -0.05) is 0 Å². The van der Waals surface area contributed by atoms with Crippen molar-refractivity contribution in [3.63, 3.8) is 0 Å². The summed E-state index contributed by atoms with van der Waals surface area (Å²) in [4.78, 5) is 0. The summed E-state index contributed by atoms with van der Waals surface area (Å²) in [7, 11) is 0. The van der Waals surface area contributed by atoms with Crippen molar-refractivity contribution in [1.82, 2.24) is 0 Å². The monoisotopic (exact) mass is 214 g/mol. The van der Waals surface area contributed by atoms with Crippen LogP contribution in [0.5, 0.6) is 0 Å². The first-order valence-corrected chi connectivity index (χ1v) is 6.29. The van der Waals surface area contributed by atoms with Gasteiger partial charge in [0.1, 0.15) is 0 Å². The van der Waals surface area contributed by atoms with E-state index in [1.54, 1.807) is 0 Å². The molecule has 0 amide bonds. The molecule has 1 fully saturated rings. The smallest absolute Gasteiger partial charge is 0.300 e. The molecule has 0 bridgehead atoms. The molecule has 0 spiro atoms. The highest BCUT2D eigenvalue weighted by molar-refractivity contribution is 9.39. The summed E-state index contributed by atoms with van der Waals surface area (Å²) in [5.41, 5.74) is 0. The zero-order chi connectivity index (χ0) is 6.91. The third kappa shape index (κ3) is 2.38. The first-order chi connectivity index (χ1) is 4.10. The van der Waals surface area contributed by atoms with Crippen LogP contribution in [0.1, 0.15) is 13.3 Å². The second-order valence-corrected chi connectivity index (χ2v) is 5.90. The lowest BCUT2D eigenvalue weighted by molar-refractivity contribution is 0.105. The molecular formula is C4H8BrO3P. The Hall–Kier alpha value is 0.630. The van der Waals surface area contributed by atoms with Crippen molar-refractivity contribution in [3.05, 3.63) is 0 Å². The van der Waals surface area contributed by atoms with E-state index >= 15 is 0 Å². The molecule has 1 aliphatic rings. The van der Waals surface area contributed by atoms with Crippen LogP contribution in [-0.4, -0.2) is 12.7 Å². The van der Waals surface area contributed by atoms with Crippen molar-refractivity contribution in [2.24, 2.45) is 0 Å². The van der Waals surface area contributed by atoms with Crippen LogP contribution in [0.25, 0.3) is 0 Å². The summed E-state index contributed by atoms with van der Waals surface area (Å²) in [6.45, 7) is 2.39. The maximum Gasteiger partial charge on any atom is 0.396 e. The van der Waals surface area contributed by atoms with Gasteiger partial charge in [0.05, 0.1) is 12.7 Å². The minimum absolute atomic E-state index is 0.0453. The molecule has 0 aromatic carbocycles. The Morgan fingerprint density at radius 3 is 2.78 bits per heavy atom. The summed E-state index contributed by atoms with van der Waals surface area (Å²) in [6, 6.07) is 0. The lowest BCUT2D eigenvalue weighted by Crippen LogP contribution is -2.14. The van der Waals surface area contributed by atoms with Gasteiger partial charge >= 0.3 is 6.30 Å². The maximum absolute atomic E-state index is 10.9. The standard InChI is InChI=1S/C4H8BrO3P/c1-4-2-3-7-9(5,6)8-4/h4H,2-3H2,1H3/t4-,9+/m1/s1. The Morgan fingerprint density at radius 2 is 2.44 bits per heavy atom. The molecule has 0 unspecified atom stereocenters. The molecular weight excluding hydrogens is 207 g/mol. The Morgan fingerprint density at radius 1 is 1.78 bits per heavy atom. The quantitative estimate of drug-likeness (QED) is 0.581. The molecule has 1 heterocycles. The fraction of sp³-hybridized carbons (Fsp3) is 1.00. The van der Waals surface area contributed by atoms with Crippen molar-refractivity contribution in [2.75, 3.05) is 6.61 Å². The zero-order valence-corrected chi connectivity index (χ0v) is 7.52. The molecule has 0 saturated carbocycles. The Kier molecular flexibility index (Phi) is 2.32. The highest BCUT2D eigenvalue weighted by Crippen LogP contribution is 2.59. The average Bonchev–Trinajstić information content (AvgIpc) is 1.60. The van der Waals surface area contributed by atoms with Crippen LogP contribution in [0.2, 0.25) is 0 Å². The Balaban J connectivity index is 2.51. The molecule has 1 aliphatic heterocycles. The third-order valence-electron chi connectivity index (χ3n) is 1.08. The van der Waals surface area contributed by atoms with Gasteiger partial charge in [-0.05, 0) is 13.3 Å². The van der Waals surface area contributed by atoms with Crippen LogP contribution in [0.3, 0.4) is 0 Å². The van der Waals surface area contributed by atoms with Crippen molar-refractivity contribution in [3.8, 4) is 0 Å². The van der Waals surface area contributed by atoms with E-state index in [-0.39, 0.29) is 6.10 Å². The van der Waals surface area contributed by atoms with Crippen LogP contribution < -0.4 is 0 Å². The molecule has 54 valence electrons. The van der Waals surface area contributed by atoms with Gasteiger partial charge in [0.25, 0.3) is 0 Å². The Labute approximate surface area is 62.0 Å². The van der Waals surface area contributed by atoms with E-state index in [4.69, 9.17) is 9.05 Å². The first kappa shape index (κ1) is 7.73. The van der Waals surface area contributed by atoms with Crippen molar-refractivity contribution in [1.29, 1.82) is 0 Å².